The van der Waals surface area contributed by atoms with Gasteiger partial charge in [-0.25, -0.2) is 0 Å². The molecule has 0 spiro atoms. The number of piperidine rings is 2. The van der Waals surface area contributed by atoms with E-state index in [1.807, 2.05) is 0 Å². The average Bonchev–Trinajstić information content (AvgIpc) is 2.37. The molecule has 2 atom stereocenters. The van der Waals surface area contributed by atoms with E-state index in [0.29, 0.717) is 50.9 Å². The molecule has 116 valence electrons. The fraction of sp³-hybridized carbons (Fsp3) is 0.923. The summed E-state index contributed by atoms with van der Waals surface area (Å²) in [6, 6.07) is 0. The molecule has 6 nitrogen and oxygen atoms in total. The molecule has 0 aliphatic carbocycles. The quantitative estimate of drug-likeness (QED) is 0.819. The zero-order valence-electron chi connectivity index (χ0n) is 12.3. The molecular weight excluding hydrogens is 278 g/mol. The van der Waals surface area contributed by atoms with Crippen LogP contribution in [0.5, 0.6) is 0 Å². The Hall–Kier alpha value is -0.660. The van der Waals surface area contributed by atoms with Gasteiger partial charge in [-0.3, -0.25) is 4.79 Å². The van der Waals surface area contributed by atoms with E-state index in [-0.39, 0.29) is 11.8 Å². The van der Waals surface area contributed by atoms with Crippen LogP contribution in [0.4, 0.5) is 0 Å². The first-order valence-electron chi connectivity index (χ1n) is 7.35. The Balaban J connectivity index is 2.02. The predicted octanol–water partition coefficient (Wildman–Crippen LogP) is 0.406. The summed E-state index contributed by atoms with van der Waals surface area (Å²) in [5.41, 5.74) is 5.28. The van der Waals surface area contributed by atoms with Crippen molar-refractivity contribution in [3.05, 3.63) is 0 Å². The van der Waals surface area contributed by atoms with E-state index in [4.69, 9.17) is 5.73 Å². The van der Waals surface area contributed by atoms with Gasteiger partial charge >= 0.3 is 0 Å². The minimum atomic E-state index is -3.39. The lowest BCUT2D eigenvalue weighted by molar-refractivity contribution is -0.122. The molecule has 2 aliphatic heterocycles. The van der Waals surface area contributed by atoms with Crippen molar-refractivity contribution >= 4 is 16.1 Å². The highest BCUT2D eigenvalue weighted by Gasteiger charge is 2.37. The zero-order valence-corrected chi connectivity index (χ0v) is 13.1. The van der Waals surface area contributed by atoms with Crippen molar-refractivity contribution in [2.75, 3.05) is 26.2 Å². The fourth-order valence-electron chi connectivity index (χ4n) is 3.33. The van der Waals surface area contributed by atoms with Gasteiger partial charge in [-0.1, -0.05) is 13.8 Å². The van der Waals surface area contributed by atoms with E-state index in [0.717, 1.165) is 6.42 Å². The maximum atomic E-state index is 12.6. The number of amides is 1. The normalized spacial score (nSPS) is 31.3. The van der Waals surface area contributed by atoms with Crippen molar-refractivity contribution in [3.63, 3.8) is 0 Å². The Labute approximate surface area is 121 Å². The molecule has 1 amide bonds. The van der Waals surface area contributed by atoms with Crippen LogP contribution in [-0.4, -0.2) is 49.1 Å². The van der Waals surface area contributed by atoms with Crippen LogP contribution in [0.2, 0.25) is 0 Å². The maximum absolute atomic E-state index is 12.6. The summed E-state index contributed by atoms with van der Waals surface area (Å²) in [4.78, 5) is 11.1. The molecule has 2 saturated heterocycles. The minimum absolute atomic E-state index is 0.180. The lowest BCUT2D eigenvalue weighted by atomic mass is 9.94. The predicted molar refractivity (Wildman–Crippen MR) is 76.9 cm³/mol. The van der Waals surface area contributed by atoms with Crippen LogP contribution in [-0.2, 0) is 15.0 Å². The third-order valence-corrected chi connectivity index (χ3v) is 6.31. The van der Waals surface area contributed by atoms with Crippen molar-refractivity contribution in [2.24, 2.45) is 23.5 Å². The Morgan fingerprint density at radius 3 is 2.00 bits per heavy atom. The molecule has 2 fully saturated rings. The van der Waals surface area contributed by atoms with Gasteiger partial charge in [-0.05, 0) is 31.1 Å². The van der Waals surface area contributed by atoms with Gasteiger partial charge in [-0.15, -0.1) is 0 Å². The Kier molecular flexibility index (Phi) is 4.71. The molecule has 0 bridgehead atoms. The second-order valence-corrected chi connectivity index (χ2v) is 8.27. The second kappa shape index (κ2) is 5.99. The topological polar surface area (TPSA) is 83.7 Å². The van der Waals surface area contributed by atoms with E-state index in [2.05, 4.69) is 13.8 Å². The molecule has 2 heterocycles. The molecule has 2 rings (SSSR count). The molecule has 7 heteroatoms. The molecule has 0 saturated carbocycles. The second-order valence-electron chi connectivity index (χ2n) is 6.35. The van der Waals surface area contributed by atoms with Crippen LogP contribution in [0.15, 0.2) is 0 Å². The fourth-order valence-corrected chi connectivity index (χ4v) is 5.21. The van der Waals surface area contributed by atoms with Crippen LogP contribution in [0.3, 0.4) is 0 Å². The molecule has 2 unspecified atom stereocenters. The van der Waals surface area contributed by atoms with Gasteiger partial charge in [-0.2, -0.15) is 17.0 Å². The lowest BCUT2D eigenvalue weighted by Crippen LogP contribution is -2.52. The first-order chi connectivity index (χ1) is 9.30. The largest absolute Gasteiger partial charge is 0.369 e. The standard InChI is InChI=1S/C13H25N3O3S/c1-10-7-11(2)9-16(8-10)20(18,19)15-5-3-12(4-6-15)13(14)17/h10-12H,3-9H2,1-2H3,(H2,14,17). The van der Waals surface area contributed by atoms with Gasteiger partial charge in [0.1, 0.15) is 0 Å². The monoisotopic (exact) mass is 303 g/mol. The van der Waals surface area contributed by atoms with Crippen molar-refractivity contribution in [3.8, 4) is 0 Å². The van der Waals surface area contributed by atoms with E-state index in [1.54, 1.807) is 4.31 Å². The highest BCUT2D eigenvalue weighted by molar-refractivity contribution is 7.86. The molecule has 0 aromatic heterocycles. The number of nitrogens with zero attached hydrogens (tertiary/aromatic N) is 2. The molecule has 2 aliphatic rings. The molecular formula is C13H25N3O3S. The van der Waals surface area contributed by atoms with Gasteiger partial charge in [0.25, 0.3) is 10.2 Å². The van der Waals surface area contributed by atoms with Gasteiger partial charge in [0.2, 0.25) is 5.91 Å². The molecule has 0 aromatic carbocycles. The Morgan fingerprint density at radius 1 is 1.05 bits per heavy atom. The van der Waals surface area contributed by atoms with Crippen LogP contribution < -0.4 is 5.73 Å². The molecule has 20 heavy (non-hydrogen) atoms. The van der Waals surface area contributed by atoms with E-state index >= 15 is 0 Å². The van der Waals surface area contributed by atoms with Crippen LogP contribution >= 0.6 is 0 Å². The molecule has 0 aromatic rings. The van der Waals surface area contributed by atoms with Gasteiger partial charge in [0, 0.05) is 32.1 Å². The summed E-state index contributed by atoms with van der Waals surface area (Å²) in [5, 5.41) is 0. The van der Waals surface area contributed by atoms with Crippen molar-refractivity contribution < 1.29 is 13.2 Å². The maximum Gasteiger partial charge on any atom is 0.281 e. The van der Waals surface area contributed by atoms with Crippen LogP contribution in [0.25, 0.3) is 0 Å². The SMILES string of the molecule is CC1CC(C)CN(S(=O)(=O)N2CCC(C(N)=O)CC2)C1. The minimum Gasteiger partial charge on any atom is -0.369 e. The highest BCUT2D eigenvalue weighted by Crippen LogP contribution is 2.27. The number of nitrogens with two attached hydrogens (primary N) is 1. The van der Waals surface area contributed by atoms with Crippen molar-refractivity contribution in [2.45, 2.75) is 33.1 Å². The lowest BCUT2D eigenvalue weighted by Gasteiger charge is -2.39. The summed E-state index contributed by atoms with van der Waals surface area (Å²) in [7, 11) is -3.39. The van der Waals surface area contributed by atoms with Crippen LogP contribution in [0, 0.1) is 17.8 Å². The number of hydrogen-bond donors (Lipinski definition) is 1. The number of rotatable bonds is 3. The van der Waals surface area contributed by atoms with Crippen LogP contribution in [0.1, 0.15) is 33.1 Å². The smallest absolute Gasteiger partial charge is 0.281 e. The Morgan fingerprint density at radius 2 is 1.55 bits per heavy atom. The third kappa shape index (κ3) is 3.32. The third-order valence-electron chi connectivity index (χ3n) is 4.34. The first kappa shape index (κ1) is 15.7. The zero-order chi connectivity index (χ0) is 14.9. The highest BCUT2D eigenvalue weighted by atomic mass is 32.2. The van der Waals surface area contributed by atoms with Crippen molar-refractivity contribution in [1.82, 2.24) is 8.61 Å². The number of hydrogen-bond acceptors (Lipinski definition) is 3. The summed E-state index contributed by atoms with van der Waals surface area (Å²) < 4.78 is 28.4. The average molecular weight is 303 g/mol. The first-order valence-corrected chi connectivity index (χ1v) is 8.75. The number of carbonyl (C=O) groups is 1. The van der Waals surface area contributed by atoms with Gasteiger partial charge in [0.15, 0.2) is 0 Å². The van der Waals surface area contributed by atoms with E-state index in [9.17, 15) is 13.2 Å². The van der Waals surface area contributed by atoms with Crippen molar-refractivity contribution in [1.29, 1.82) is 0 Å². The van der Waals surface area contributed by atoms with E-state index in [1.165, 1.54) is 4.31 Å². The number of carbonyl (C=O) groups excluding carboxylic acids is 1. The Bertz CT molecular complexity index is 447. The summed E-state index contributed by atoms with van der Waals surface area (Å²) in [6.07, 6.45) is 2.15. The molecule has 2 N–H and O–H groups in total. The molecule has 0 radical (unpaired) electrons. The van der Waals surface area contributed by atoms with E-state index < -0.39 is 10.2 Å². The summed E-state index contributed by atoms with van der Waals surface area (Å²) in [6.45, 7) is 6.18. The van der Waals surface area contributed by atoms with Gasteiger partial charge < -0.3 is 5.73 Å². The number of primary amides is 1. The summed E-state index contributed by atoms with van der Waals surface area (Å²) >= 11 is 0. The summed E-state index contributed by atoms with van der Waals surface area (Å²) in [5.74, 6) is 0.302. The van der Waals surface area contributed by atoms with Gasteiger partial charge in [0.05, 0.1) is 0 Å².